The maximum Gasteiger partial charge on any atom is 0.408 e. The molecule has 0 radical (unpaired) electrons. The van der Waals surface area contributed by atoms with Gasteiger partial charge in [-0.25, -0.2) is 4.79 Å². The van der Waals surface area contributed by atoms with Crippen LogP contribution in [0.3, 0.4) is 0 Å². The Labute approximate surface area is 211 Å². The van der Waals surface area contributed by atoms with Crippen molar-refractivity contribution in [3.05, 3.63) is 70.8 Å². The number of benzene rings is 2. The van der Waals surface area contributed by atoms with E-state index in [1.165, 1.54) is 0 Å². The molecule has 2 aromatic rings. The van der Waals surface area contributed by atoms with Gasteiger partial charge in [0.1, 0.15) is 18.2 Å². The van der Waals surface area contributed by atoms with Crippen molar-refractivity contribution in [1.29, 1.82) is 0 Å². The summed E-state index contributed by atoms with van der Waals surface area (Å²) in [6.45, 7) is 10.6. The van der Waals surface area contributed by atoms with Crippen molar-refractivity contribution in [3.63, 3.8) is 0 Å². The average Bonchev–Trinajstić information content (AvgIpc) is 3.62. The highest BCUT2D eigenvalue weighted by Gasteiger charge is 2.41. The molecule has 3 amide bonds. The number of carbonyl (C=O) groups excluding carboxylic acids is 3. The fourth-order valence-corrected chi connectivity index (χ4v) is 4.01. The van der Waals surface area contributed by atoms with Crippen molar-refractivity contribution in [2.24, 2.45) is 0 Å². The highest BCUT2D eigenvalue weighted by Crippen LogP contribution is 2.36. The molecule has 0 heterocycles. The molecule has 0 spiro atoms. The number of amides is 3. The summed E-state index contributed by atoms with van der Waals surface area (Å²) in [7, 11) is 0. The van der Waals surface area contributed by atoms with Crippen molar-refractivity contribution in [2.75, 3.05) is 11.9 Å². The first-order valence-corrected chi connectivity index (χ1v) is 11.9. The lowest BCUT2D eigenvalue weighted by Crippen LogP contribution is -2.47. The van der Waals surface area contributed by atoms with Gasteiger partial charge in [0.05, 0.1) is 10.7 Å². The number of halogens is 1. The van der Waals surface area contributed by atoms with Crippen LogP contribution in [0.5, 0.6) is 0 Å². The average molecular weight is 498 g/mol. The smallest absolute Gasteiger partial charge is 0.408 e. The lowest BCUT2D eigenvalue weighted by Gasteiger charge is -2.32. The molecule has 1 aliphatic carbocycles. The molecule has 35 heavy (non-hydrogen) atoms. The van der Waals surface area contributed by atoms with Gasteiger partial charge in [0.25, 0.3) is 5.91 Å². The Hall–Kier alpha value is -3.32. The molecule has 3 rings (SSSR count). The second-order valence-corrected chi connectivity index (χ2v) is 9.99. The molecule has 2 aromatic carbocycles. The van der Waals surface area contributed by atoms with Crippen LogP contribution in [0.1, 0.15) is 56.3 Å². The molecular weight excluding hydrogens is 466 g/mol. The highest BCUT2D eigenvalue weighted by molar-refractivity contribution is 6.34. The minimum absolute atomic E-state index is 0.113. The summed E-state index contributed by atoms with van der Waals surface area (Å²) in [4.78, 5) is 40.8. The lowest BCUT2D eigenvalue weighted by atomic mass is 10.0. The van der Waals surface area contributed by atoms with Gasteiger partial charge in [0, 0.05) is 6.04 Å². The van der Waals surface area contributed by atoms with Crippen LogP contribution < -0.4 is 10.6 Å². The number of rotatable bonds is 8. The number of hydrogen-bond acceptors (Lipinski definition) is 4. The van der Waals surface area contributed by atoms with Gasteiger partial charge in [-0.1, -0.05) is 54.6 Å². The van der Waals surface area contributed by atoms with Gasteiger partial charge in [-0.3, -0.25) is 9.59 Å². The largest absolute Gasteiger partial charge is 0.444 e. The summed E-state index contributed by atoms with van der Waals surface area (Å²) in [5.74, 6) is -0.765. The molecule has 0 aromatic heterocycles. The molecule has 0 aliphatic heterocycles. The second-order valence-electron chi connectivity index (χ2n) is 9.59. The van der Waals surface area contributed by atoms with E-state index in [1.54, 1.807) is 49.9 Å². The topological polar surface area (TPSA) is 87.7 Å². The molecule has 1 aliphatic rings. The van der Waals surface area contributed by atoms with Gasteiger partial charge in [0.15, 0.2) is 0 Å². The van der Waals surface area contributed by atoms with Crippen molar-refractivity contribution < 1.29 is 19.1 Å². The Balaban J connectivity index is 1.92. The van der Waals surface area contributed by atoms with Crippen molar-refractivity contribution in [3.8, 4) is 0 Å². The fraction of sp³-hybridized carbons (Fsp3) is 0.370. The van der Waals surface area contributed by atoms with Crippen LogP contribution in [0, 0.1) is 6.92 Å². The van der Waals surface area contributed by atoms with E-state index in [0.717, 1.165) is 24.0 Å². The SMILES string of the molecule is C=Cc1cccc(C(C(=O)Nc2c(C)cccc2Cl)N(C(=O)CNC(=O)OC(C)(C)C)C2CC2)c1. The van der Waals surface area contributed by atoms with Crippen LogP contribution in [0.25, 0.3) is 6.08 Å². The molecule has 186 valence electrons. The molecule has 7 nitrogen and oxygen atoms in total. The number of ether oxygens (including phenoxy) is 1. The minimum atomic E-state index is -0.925. The third-order valence-corrected chi connectivity index (χ3v) is 5.78. The van der Waals surface area contributed by atoms with Crippen LogP contribution in [0.2, 0.25) is 5.02 Å². The summed E-state index contributed by atoms with van der Waals surface area (Å²) in [5.41, 5.74) is 2.08. The molecule has 1 atom stereocenters. The van der Waals surface area contributed by atoms with E-state index in [2.05, 4.69) is 17.2 Å². The monoisotopic (exact) mass is 497 g/mol. The quantitative estimate of drug-likeness (QED) is 0.505. The Morgan fingerprint density at radius 2 is 1.89 bits per heavy atom. The molecule has 1 unspecified atom stereocenters. The lowest BCUT2D eigenvalue weighted by molar-refractivity contribution is -0.138. The van der Waals surface area contributed by atoms with E-state index in [4.69, 9.17) is 16.3 Å². The molecule has 2 N–H and O–H groups in total. The van der Waals surface area contributed by atoms with E-state index in [9.17, 15) is 14.4 Å². The zero-order valence-corrected chi connectivity index (χ0v) is 21.3. The number of alkyl carbamates (subject to hydrolysis) is 1. The first-order chi connectivity index (χ1) is 16.5. The van der Waals surface area contributed by atoms with Crippen molar-refractivity contribution >= 4 is 41.3 Å². The van der Waals surface area contributed by atoms with Crippen LogP contribution >= 0.6 is 11.6 Å². The number of aryl methyl sites for hydroxylation is 1. The predicted octanol–water partition coefficient (Wildman–Crippen LogP) is 5.49. The number of anilines is 1. The van der Waals surface area contributed by atoms with Gasteiger partial charge in [0.2, 0.25) is 5.91 Å². The first-order valence-electron chi connectivity index (χ1n) is 11.6. The summed E-state index contributed by atoms with van der Waals surface area (Å²) in [6.07, 6.45) is 2.54. The van der Waals surface area contributed by atoms with Gasteiger partial charge in [-0.05, 0) is 69.4 Å². The van der Waals surface area contributed by atoms with Crippen molar-refractivity contribution in [2.45, 2.75) is 58.2 Å². The van der Waals surface area contributed by atoms with Gasteiger partial charge >= 0.3 is 6.09 Å². The van der Waals surface area contributed by atoms with Crippen molar-refractivity contribution in [1.82, 2.24) is 10.2 Å². The first kappa shape index (κ1) is 26.3. The molecule has 8 heteroatoms. The summed E-state index contributed by atoms with van der Waals surface area (Å²) >= 11 is 6.36. The summed E-state index contributed by atoms with van der Waals surface area (Å²) < 4.78 is 5.25. The Morgan fingerprint density at radius 3 is 2.49 bits per heavy atom. The number of hydrogen-bond donors (Lipinski definition) is 2. The minimum Gasteiger partial charge on any atom is -0.444 e. The normalized spacial score (nSPS) is 14.0. The Bertz CT molecular complexity index is 1100. The predicted molar refractivity (Wildman–Crippen MR) is 138 cm³/mol. The van der Waals surface area contributed by atoms with E-state index in [-0.39, 0.29) is 24.4 Å². The summed E-state index contributed by atoms with van der Waals surface area (Å²) in [5, 5.41) is 5.85. The number of nitrogens with one attached hydrogen (secondary N) is 2. The maximum absolute atomic E-state index is 13.7. The fourth-order valence-electron chi connectivity index (χ4n) is 3.74. The van der Waals surface area contributed by atoms with Crippen LogP contribution in [0.15, 0.2) is 49.0 Å². The molecular formula is C27H32ClN3O4. The van der Waals surface area contributed by atoms with E-state index in [0.29, 0.717) is 16.3 Å². The number of para-hydroxylation sites is 1. The third-order valence-electron chi connectivity index (χ3n) is 5.47. The van der Waals surface area contributed by atoms with Gasteiger partial charge in [-0.2, -0.15) is 0 Å². The Morgan fingerprint density at radius 1 is 1.20 bits per heavy atom. The van der Waals surface area contributed by atoms with Crippen LogP contribution in [-0.4, -0.2) is 41.0 Å². The second kappa shape index (κ2) is 11.0. The zero-order chi connectivity index (χ0) is 25.8. The van der Waals surface area contributed by atoms with Crippen LogP contribution in [-0.2, 0) is 14.3 Å². The third kappa shape index (κ3) is 7.09. The Kier molecular flexibility index (Phi) is 8.22. The van der Waals surface area contributed by atoms with Gasteiger partial charge < -0.3 is 20.3 Å². The standard InChI is InChI=1S/C27H32ClN3O4/c1-6-18-10-8-11-19(15-18)24(25(33)30-23-17(2)9-7-12-21(23)28)31(20-13-14-20)22(32)16-29-26(34)35-27(3,4)5/h6-12,15,20,24H,1,13-14,16H2,2-5H3,(H,29,34)(H,30,33). The number of carbonyl (C=O) groups is 3. The molecule has 1 saturated carbocycles. The summed E-state index contributed by atoms with van der Waals surface area (Å²) in [6, 6.07) is 11.7. The van der Waals surface area contributed by atoms with E-state index in [1.807, 2.05) is 31.2 Å². The number of nitrogens with zero attached hydrogens (tertiary/aromatic N) is 1. The molecule has 0 saturated heterocycles. The van der Waals surface area contributed by atoms with Crippen LogP contribution in [0.4, 0.5) is 10.5 Å². The van der Waals surface area contributed by atoms with E-state index >= 15 is 0 Å². The molecule has 0 bridgehead atoms. The zero-order valence-electron chi connectivity index (χ0n) is 20.6. The van der Waals surface area contributed by atoms with E-state index < -0.39 is 17.7 Å². The highest BCUT2D eigenvalue weighted by atomic mass is 35.5. The molecule has 1 fully saturated rings. The maximum atomic E-state index is 13.7. The van der Waals surface area contributed by atoms with Gasteiger partial charge in [-0.15, -0.1) is 0 Å².